The first kappa shape index (κ1) is 21.2. The topological polar surface area (TPSA) is 52.6 Å². The Bertz CT molecular complexity index is 524. The molecule has 0 saturated carbocycles. The lowest BCUT2D eigenvalue weighted by Crippen LogP contribution is -2.20. The van der Waals surface area contributed by atoms with Crippen LogP contribution < -0.4 is 0 Å². The SMILES string of the molecule is CCCCCOC(=O)c1ccccc1C(=O)OC(CC)CCCCC. The van der Waals surface area contributed by atoms with Crippen LogP contribution in [-0.4, -0.2) is 24.6 Å². The number of unbranched alkanes of at least 4 members (excludes halogenated alkanes) is 4. The van der Waals surface area contributed by atoms with Crippen molar-refractivity contribution in [2.75, 3.05) is 6.61 Å². The van der Waals surface area contributed by atoms with Crippen LogP contribution in [0.25, 0.3) is 0 Å². The van der Waals surface area contributed by atoms with E-state index in [9.17, 15) is 9.59 Å². The van der Waals surface area contributed by atoms with Gasteiger partial charge in [0.25, 0.3) is 0 Å². The molecule has 0 amide bonds. The molecule has 0 heterocycles. The molecule has 1 aromatic carbocycles. The molecule has 0 bridgehead atoms. The van der Waals surface area contributed by atoms with E-state index in [0.29, 0.717) is 6.61 Å². The molecule has 0 fully saturated rings. The smallest absolute Gasteiger partial charge is 0.339 e. The van der Waals surface area contributed by atoms with E-state index in [4.69, 9.17) is 9.47 Å². The largest absolute Gasteiger partial charge is 0.462 e. The molecular formula is C21H32O4. The van der Waals surface area contributed by atoms with Crippen LogP contribution >= 0.6 is 0 Å². The molecule has 140 valence electrons. The van der Waals surface area contributed by atoms with E-state index in [-0.39, 0.29) is 17.2 Å². The first-order valence-corrected chi connectivity index (χ1v) is 9.61. The normalized spacial score (nSPS) is 11.8. The first-order chi connectivity index (χ1) is 12.1. The second-order valence-corrected chi connectivity index (χ2v) is 6.32. The maximum Gasteiger partial charge on any atom is 0.339 e. The molecule has 0 saturated heterocycles. The Labute approximate surface area is 151 Å². The fourth-order valence-electron chi connectivity index (χ4n) is 2.62. The predicted octanol–water partition coefficient (Wildman–Crippen LogP) is 5.55. The van der Waals surface area contributed by atoms with Gasteiger partial charge in [0, 0.05) is 0 Å². The zero-order chi connectivity index (χ0) is 18.5. The minimum absolute atomic E-state index is 0.104. The van der Waals surface area contributed by atoms with Crippen molar-refractivity contribution in [2.24, 2.45) is 0 Å². The Morgan fingerprint density at radius 2 is 1.48 bits per heavy atom. The fourth-order valence-corrected chi connectivity index (χ4v) is 2.62. The summed E-state index contributed by atoms with van der Waals surface area (Å²) in [5, 5.41) is 0. The Kier molecular flexibility index (Phi) is 10.6. The highest BCUT2D eigenvalue weighted by Crippen LogP contribution is 2.17. The standard InChI is InChI=1S/C21H32O4/c1-4-7-9-13-17(6-3)25-21(23)19-15-11-10-14-18(19)20(22)24-16-12-8-5-2/h10-11,14-15,17H,4-9,12-13,16H2,1-3H3. The van der Waals surface area contributed by atoms with Gasteiger partial charge in [0.1, 0.15) is 6.10 Å². The van der Waals surface area contributed by atoms with Gasteiger partial charge < -0.3 is 9.47 Å². The maximum atomic E-state index is 12.5. The van der Waals surface area contributed by atoms with Crippen LogP contribution in [0.15, 0.2) is 24.3 Å². The van der Waals surface area contributed by atoms with E-state index in [1.165, 1.54) is 0 Å². The van der Waals surface area contributed by atoms with Gasteiger partial charge in [-0.25, -0.2) is 9.59 Å². The number of rotatable bonds is 12. The summed E-state index contributed by atoms with van der Waals surface area (Å²) in [6, 6.07) is 6.72. The number of hydrogen-bond donors (Lipinski definition) is 0. The van der Waals surface area contributed by atoms with E-state index in [1.807, 2.05) is 6.92 Å². The molecular weight excluding hydrogens is 316 g/mol. The molecule has 1 atom stereocenters. The van der Waals surface area contributed by atoms with Crippen molar-refractivity contribution >= 4 is 11.9 Å². The zero-order valence-corrected chi connectivity index (χ0v) is 15.9. The third-order valence-corrected chi connectivity index (χ3v) is 4.21. The van der Waals surface area contributed by atoms with E-state index in [2.05, 4.69) is 13.8 Å². The molecule has 4 nitrogen and oxygen atoms in total. The van der Waals surface area contributed by atoms with Crippen LogP contribution in [0.2, 0.25) is 0 Å². The predicted molar refractivity (Wildman–Crippen MR) is 99.9 cm³/mol. The van der Waals surface area contributed by atoms with E-state index in [0.717, 1.165) is 51.4 Å². The van der Waals surface area contributed by atoms with Gasteiger partial charge in [-0.1, -0.05) is 58.6 Å². The van der Waals surface area contributed by atoms with Crippen molar-refractivity contribution in [3.05, 3.63) is 35.4 Å². The van der Waals surface area contributed by atoms with Gasteiger partial charge in [0.15, 0.2) is 0 Å². The molecule has 4 heteroatoms. The van der Waals surface area contributed by atoms with Gasteiger partial charge in [-0.2, -0.15) is 0 Å². The summed E-state index contributed by atoms with van der Waals surface area (Å²) in [4.78, 5) is 24.8. The van der Waals surface area contributed by atoms with Gasteiger partial charge in [-0.05, 0) is 37.8 Å². The lowest BCUT2D eigenvalue weighted by Gasteiger charge is -2.17. The Hall–Kier alpha value is -1.84. The minimum atomic E-state index is -0.456. The molecule has 0 aliphatic heterocycles. The molecule has 0 aromatic heterocycles. The first-order valence-electron chi connectivity index (χ1n) is 9.61. The summed E-state index contributed by atoms with van der Waals surface area (Å²) in [6.07, 6.45) is 7.77. The molecule has 0 spiro atoms. The Balaban J connectivity index is 2.70. The fraction of sp³-hybridized carbons (Fsp3) is 0.619. The lowest BCUT2D eigenvalue weighted by atomic mass is 10.1. The van der Waals surface area contributed by atoms with Gasteiger partial charge >= 0.3 is 11.9 Å². The Morgan fingerprint density at radius 1 is 0.880 bits per heavy atom. The molecule has 25 heavy (non-hydrogen) atoms. The van der Waals surface area contributed by atoms with Crippen molar-refractivity contribution < 1.29 is 19.1 Å². The van der Waals surface area contributed by atoms with Crippen LogP contribution in [0.3, 0.4) is 0 Å². The number of esters is 2. The summed E-state index contributed by atoms with van der Waals surface area (Å²) >= 11 is 0. The quantitative estimate of drug-likeness (QED) is 0.367. The number of benzene rings is 1. The van der Waals surface area contributed by atoms with Crippen molar-refractivity contribution in [1.82, 2.24) is 0 Å². The summed E-state index contributed by atoms with van der Waals surface area (Å²) in [6.45, 7) is 6.63. The second-order valence-electron chi connectivity index (χ2n) is 6.32. The third kappa shape index (κ3) is 7.72. The summed E-state index contributed by atoms with van der Waals surface area (Å²) < 4.78 is 10.9. The molecule has 1 aromatic rings. The summed E-state index contributed by atoms with van der Waals surface area (Å²) in [7, 11) is 0. The molecule has 0 aliphatic carbocycles. The van der Waals surface area contributed by atoms with Crippen LogP contribution in [-0.2, 0) is 9.47 Å². The van der Waals surface area contributed by atoms with Crippen LogP contribution in [0.4, 0.5) is 0 Å². The number of carbonyl (C=O) groups is 2. The summed E-state index contributed by atoms with van der Waals surface area (Å²) in [5.74, 6) is -0.896. The van der Waals surface area contributed by atoms with E-state index < -0.39 is 11.9 Å². The Morgan fingerprint density at radius 3 is 2.08 bits per heavy atom. The van der Waals surface area contributed by atoms with Crippen LogP contribution in [0.1, 0.15) is 92.9 Å². The highest BCUT2D eigenvalue weighted by Gasteiger charge is 2.21. The number of hydrogen-bond acceptors (Lipinski definition) is 4. The highest BCUT2D eigenvalue weighted by molar-refractivity contribution is 6.03. The molecule has 0 N–H and O–H groups in total. The zero-order valence-electron chi connectivity index (χ0n) is 15.9. The average molecular weight is 348 g/mol. The van der Waals surface area contributed by atoms with E-state index >= 15 is 0 Å². The van der Waals surface area contributed by atoms with E-state index in [1.54, 1.807) is 24.3 Å². The highest BCUT2D eigenvalue weighted by atomic mass is 16.5. The number of carbonyl (C=O) groups excluding carboxylic acids is 2. The maximum absolute atomic E-state index is 12.5. The van der Waals surface area contributed by atoms with Crippen molar-refractivity contribution in [3.8, 4) is 0 Å². The second kappa shape index (κ2) is 12.5. The molecule has 0 aliphatic rings. The third-order valence-electron chi connectivity index (χ3n) is 4.21. The molecule has 0 radical (unpaired) electrons. The van der Waals surface area contributed by atoms with Crippen molar-refractivity contribution in [3.63, 3.8) is 0 Å². The van der Waals surface area contributed by atoms with Gasteiger partial charge in [0.05, 0.1) is 17.7 Å². The minimum Gasteiger partial charge on any atom is -0.462 e. The lowest BCUT2D eigenvalue weighted by molar-refractivity contribution is 0.0258. The number of ether oxygens (including phenoxy) is 2. The van der Waals surface area contributed by atoms with Gasteiger partial charge in [-0.3, -0.25) is 0 Å². The molecule has 1 unspecified atom stereocenters. The average Bonchev–Trinajstić information content (AvgIpc) is 2.64. The van der Waals surface area contributed by atoms with Gasteiger partial charge in [0.2, 0.25) is 0 Å². The van der Waals surface area contributed by atoms with Crippen LogP contribution in [0.5, 0.6) is 0 Å². The van der Waals surface area contributed by atoms with Crippen molar-refractivity contribution in [1.29, 1.82) is 0 Å². The molecule has 1 rings (SSSR count). The monoisotopic (exact) mass is 348 g/mol. The van der Waals surface area contributed by atoms with Crippen LogP contribution in [0, 0.1) is 0 Å². The summed E-state index contributed by atoms with van der Waals surface area (Å²) in [5.41, 5.74) is 0.573. The van der Waals surface area contributed by atoms with Gasteiger partial charge in [-0.15, -0.1) is 0 Å². The van der Waals surface area contributed by atoms with Crippen molar-refractivity contribution in [2.45, 2.75) is 78.2 Å².